The van der Waals surface area contributed by atoms with E-state index in [9.17, 15) is 9.59 Å². The number of benzene rings is 1. The van der Waals surface area contributed by atoms with Crippen molar-refractivity contribution in [2.24, 2.45) is 0 Å². The van der Waals surface area contributed by atoms with E-state index in [-0.39, 0.29) is 29.4 Å². The van der Waals surface area contributed by atoms with Gasteiger partial charge >= 0.3 is 0 Å². The van der Waals surface area contributed by atoms with Crippen LogP contribution in [0.25, 0.3) is 0 Å². The summed E-state index contributed by atoms with van der Waals surface area (Å²) in [5, 5.41) is 2.85. The molecule has 1 aromatic heterocycles. The number of hydrogen-bond acceptors (Lipinski definition) is 3. The fourth-order valence-corrected chi connectivity index (χ4v) is 2.13. The number of amides is 1. The van der Waals surface area contributed by atoms with Crippen molar-refractivity contribution in [1.29, 1.82) is 0 Å². The third kappa shape index (κ3) is 4.62. The third-order valence-corrected chi connectivity index (χ3v) is 3.52. The van der Waals surface area contributed by atoms with Crippen LogP contribution in [0.3, 0.4) is 0 Å². The summed E-state index contributed by atoms with van der Waals surface area (Å²) in [4.78, 5) is 28.0. The summed E-state index contributed by atoms with van der Waals surface area (Å²) in [6.07, 6.45) is 1.56. The van der Waals surface area contributed by atoms with Crippen LogP contribution in [-0.4, -0.2) is 22.0 Å². The molecule has 2 aromatic rings. The molecule has 0 aliphatic heterocycles. The summed E-state index contributed by atoms with van der Waals surface area (Å²) >= 11 is 6.40. The molecule has 21 heavy (non-hydrogen) atoms. The first-order valence-electron chi connectivity index (χ1n) is 5.73. The maximum atomic E-state index is 12.4. The molecule has 0 aliphatic rings. The normalized spacial score (nSPS) is 9.62. The standard InChI is InChI=1S/C14H10Br2N2O2.ClH/c15-8-13(19)18-11-5-4-9(16)7-10(11)14(20)12-3-1-2-6-17-12;/h1-7H,8H2,(H,18,19);1H. The maximum Gasteiger partial charge on any atom is 0.235 e. The van der Waals surface area contributed by atoms with Crippen LogP contribution in [0.5, 0.6) is 0 Å². The number of nitrogens with one attached hydrogen (secondary N) is 1. The van der Waals surface area contributed by atoms with Gasteiger partial charge in [-0.05, 0) is 30.3 Å². The Balaban J connectivity index is 0.00000220. The van der Waals surface area contributed by atoms with Crippen molar-refractivity contribution in [2.45, 2.75) is 0 Å². The first-order chi connectivity index (χ1) is 9.61. The molecule has 1 aromatic carbocycles. The van der Waals surface area contributed by atoms with Gasteiger partial charge in [-0.15, -0.1) is 12.4 Å². The highest BCUT2D eigenvalue weighted by Crippen LogP contribution is 2.23. The van der Waals surface area contributed by atoms with Gasteiger partial charge in [0, 0.05) is 16.2 Å². The summed E-state index contributed by atoms with van der Waals surface area (Å²) in [6.45, 7) is 0. The molecular weight excluding hydrogens is 423 g/mol. The van der Waals surface area contributed by atoms with Crippen LogP contribution in [0.1, 0.15) is 16.1 Å². The van der Waals surface area contributed by atoms with Gasteiger partial charge in [0.2, 0.25) is 11.7 Å². The molecule has 4 nitrogen and oxygen atoms in total. The number of anilines is 1. The largest absolute Gasteiger partial charge is 0.325 e. The number of alkyl halides is 1. The second-order valence-corrected chi connectivity index (χ2v) is 5.39. The van der Waals surface area contributed by atoms with E-state index in [4.69, 9.17) is 0 Å². The number of ketones is 1. The minimum Gasteiger partial charge on any atom is -0.325 e. The smallest absolute Gasteiger partial charge is 0.235 e. The van der Waals surface area contributed by atoms with Gasteiger partial charge in [-0.2, -0.15) is 0 Å². The van der Waals surface area contributed by atoms with Crippen LogP contribution >= 0.6 is 44.3 Å². The van der Waals surface area contributed by atoms with Crippen LogP contribution in [0.2, 0.25) is 0 Å². The Kier molecular flexibility index (Phi) is 7.01. The quantitative estimate of drug-likeness (QED) is 0.588. The van der Waals surface area contributed by atoms with Crippen molar-refractivity contribution in [3.63, 3.8) is 0 Å². The molecule has 0 aliphatic carbocycles. The molecule has 1 N–H and O–H groups in total. The van der Waals surface area contributed by atoms with Crippen LogP contribution in [-0.2, 0) is 4.79 Å². The number of halogens is 3. The Hall–Kier alpha value is -1.24. The van der Waals surface area contributed by atoms with Gasteiger partial charge in [0.1, 0.15) is 5.69 Å². The molecule has 0 spiro atoms. The maximum absolute atomic E-state index is 12.4. The lowest BCUT2D eigenvalue weighted by atomic mass is 10.1. The zero-order valence-corrected chi connectivity index (χ0v) is 14.7. The number of pyridine rings is 1. The van der Waals surface area contributed by atoms with Crippen LogP contribution in [0.4, 0.5) is 5.69 Å². The monoisotopic (exact) mass is 432 g/mol. The molecule has 1 amide bonds. The van der Waals surface area contributed by atoms with Gasteiger partial charge < -0.3 is 5.32 Å². The number of carbonyl (C=O) groups excluding carboxylic acids is 2. The van der Waals surface area contributed by atoms with Crippen molar-refractivity contribution in [2.75, 3.05) is 10.6 Å². The first-order valence-corrected chi connectivity index (χ1v) is 7.64. The highest BCUT2D eigenvalue weighted by atomic mass is 79.9. The second-order valence-electron chi connectivity index (χ2n) is 3.92. The number of hydrogen-bond donors (Lipinski definition) is 1. The molecule has 110 valence electrons. The highest BCUT2D eigenvalue weighted by molar-refractivity contribution is 9.10. The zero-order chi connectivity index (χ0) is 14.5. The van der Waals surface area contributed by atoms with Crippen LogP contribution in [0, 0.1) is 0 Å². The number of carbonyl (C=O) groups is 2. The average molecular weight is 435 g/mol. The summed E-state index contributed by atoms with van der Waals surface area (Å²) < 4.78 is 0.758. The molecule has 0 fully saturated rings. The minimum atomic E-state index is -0.239. The number of rotatable bonds is 4. The van der Waals surface area contributed by atoms with Gasteiger partial charge in [-0.1, -0.05) is 37.9 Å². The van der Waals surface area contributed by atoms with Gasteiger partial charge in [0.05, 0.1) is 11.0 Å². The molecule has 0 bridgehead atoms. The molecule has 2 rings (SSSR count). The molecule has 1 heterocycles. The Morgan fingerprint density at radius 1 is 1.19 bits per heavy atom. The van der Waals surface area contributed by atoms with E-state index >= 15 is 0 Å². The Bertz CT molecular complexity index is 651. The highest BCUT2D eigenvalue weighted by Gasteiger charge is 2.16. The van der Waals surface area contributed by atoms with Crippen molar-refractivity contribution in [3.05, 3.63) is 58.3 Å². The predicted octanol–water partition coefficient (Wildman–Crippen LogP) is 3.83. The van der Waals surface area contributed by atoms with Crippen LogP contribution < -0.4 is 5.32 Å². The molecule has 0 saturated heterocycles. The Morgan fingerprint density at radius 3 is 2.57 bits per heavy atom. The van der Waals surface area contributed by atoms with E-state index in [1.54, 1.807) is 42.6 Å². The van der Waals surface area contributed by atoms with Gasteiger partial charge in [-0.3, -0.25) is 14.6 Å². The topological polar surface area (TPSA) is 59.1 Å². The second kappa shape index (κ2) is 8.26. The van der Waals surface area contributed by atoms with Gasteiger partial charge in [-0.25, -0.2) is 0 Å². The van der Waals surface area contributed by atoms with Crippen molar-refractivity contribution in [3.8, 4) is 0 Å². The van der Waals surface area contributed by atoms with E-state index in [2.05, 4.69) is 42.2 Å². The lowest BCUT2D eigenvalue weighted by Gasteiger charge is -2.10. The molecular formula is C14H11Br2ClN2O2. The van der Waals surface area contributed by atoms with Gasteiger partial charge in [0.25, 0.3) is 0 Å². The molecule has 0 unspecified atom stereocenters. The SMILES string of the molecule is Cl.O=C(CBr)Nc1ccc(Br)cc1C(=O)c1ccccn1. The van der Waals surface area contributed by atoms with E-state index in [0.29, 0.717) is 16.9 Å². The van der Waals surface area contributed by atoms with Crippen molar-refractivity contribution in [1.82, 2.24) is 4.98 Å². The minimum absolute atomic E-state index is 0. The number of aromatic nitrogens is 1. The summed E-state index contributed by atoms with van der Waals surface area (Å²) in [6, 6.07) is 10.2. The van der Waals surface area contributed by atoms with E-state index in [0.717, 1.165) is 4.47 Å². The average Bonchev–Trinajstić information content (AvgIpc) is 2.49. The molecule has 0 saturated carbocycles. The summed E-state index contributed by atoms with van der Waals surface area (Å²) in [7, 11) is 0. The summed E-state index contributed by atoms with van der Waals surface area (Å²) in [5.41, 5.74) is 1.20. The summed E-state index contributed by atoms with van der Waals surface area (Å²) in [5.74, 6) is -0.459. The van der Waals surface area contributed by atoms with Crippen molar-refractivity contribution >= 4 is 61.6 Å². The van der Waals surface area contributed by atoms with Crippen LogP contribution in [0.15, 0.2) is 47.1 Å². The lowest BCUT2D eigenvalue weighted by molar-refractivity contribution is -0.113. The third-order valence-electron chi connectivity index (χ3n) is 2.52. The molecule has 0 radical (unpaired) electrons. The van der Waals surface area contributed by atoms with Crippen molar-refractivity contribution < 1.29 is 9.59 Å². The first kappa shape index (κ1) is 17.8. The van der Waals surface area contributed by atoms with E-state index in [1.165, 1.54) is 0 Å². The fraction of sp³-hybridized carbons (Fsp3) is 0.0714. The molecule has 7 heteroatoms. The Morgan fingerprint density at radius 2 is 1.95 bits per heavy atom. The lowest BCUT2D eigenvalue weighted by Crippen LogP contribution is -2.16. The fourth-order valence-electron chi connectivity index (χ4n) is 1.63. The number of nitrogens with zero attached hydrogens (tertiary/aromatic N) is 1. The van der Waals surface area contributed by atoms with E-state index in [1.807, 2.05) is 0 Å². The van der Waals surface area contributed by atoms with Gasteiger partial charge in [0.15, 0.2) is 0 Å². The Labute approximate surface area is 145 Å². The molecule has 0 atom stereocenters. The predicted molar refractivity (Wildman–Crippen MR) is 91.5 cm³/mol. The van der Waals surface area contributed by atoms with E-state index < -0.39 is 0 Å². The zero-order valence-electron chi connectivity index (χ0n) is 10.7.